The van der Waals surface area contributed by atoms with Gasteiger partial charge in [-0.25, -0.2) is 37.5 Å². The van der Waals surface area contributed by atoms with Crippen molar-refractivity contribution in [1.82, 2.24) is 29.1 Å². The van der Waals surface area contributed by atoms with E-state index in [4.69, 9.17) is 5.73 Å². The number of hydrogen-bond acceptors (Lipinski definition) is 5. The number of aryl methyl sites for hydroxylation is 2. The van der Waals surface area contributed by atoms with Gasteiger partial charge in [-0.3, -0.25) is 0 Å². The number of fused-ring (bicyclic) bond motifs is 2. The number of pyridine rings is 2. The predicted octanol–water partition coefficient (Wildman–Crippen LogP) is 8.72. The van der Waals surface area contributed by atoms with E-state index in [0.29, 0.717) is 36.9 Å². The highest BCUT2D eigenvalue weighted by atomic mass is 127. The molecule has 0 aliphatic heterocycles. The third-order valence-corrected chi connectivity index (χ3v) is 7.79. The van der Waals surface area contributed by atoms with Crippen LogP contribution < -0.4 is 5.73 Å². The minimum atomic E-state index is -0.541. The fourth-order valence-corrected chi connectivity index (χ4v) is 5.91. The third kappa shape index (κ3) is 5.86. The molecule has 0 atom stereocenters. The molecule has 0 unspecified atom stereocenters. The number of nitrogen functional groups attached to an aromatic ring is 1. The smallest absolute Gasteiger partial charge is 0.151 e. The fraction of sp³-hybridized carbons (Fsp3) is 0.250. The van der Waals surface area contributed by atoms with Crippen LogP contribution in [0.3, 0.4) is 0 Å². The number of hydrogen-bond donors (Lipinski definition) is 1. The average molecular weight is 716 g/mol. The molecular weight excluding hydrogens is 685 g/mol. The molecule has 7 nitrogen and oxygen atoms in total. The minimum absolute atomic E-state index is 0.118. The maximum atomic E-state index is 14.4. The molecule has 0 spiro atoms. The van der Waals surface area contributed by atoms with E-state index in [1.807, 2.05) is 73.3 Å². The van der Waals surface area contributed by atoms with Gasteiger partial charge in [0.05, 0.1) is 23.4 Å². The van der Waals surface area contributed by atoms with Crippen LogP contribution in [0.5, 0.6) is 0 Å². The molecule has 0 radical (unpaired) electrons. The quantitative estimate of drug-likeness (QED) is 0.112. The van der Waals surface area contributed by atoms with Crippen molar-refractivity contribution in [1.29, 1.82) is 0 Å². The second-order valence-corrected chi connectivity index (χ2v) is 12.1. The Bertz CT molecular complexity index is 1890. The predicted molar refractivity (Wildman–Crippen MR) is 173 cm³/mol. The zero-order valence-electron chi connectivity index (χ0n) is 24.9. The summed E-state index contributed by atoms with van der Waals surface area (Å²) in [4.78, 5) is 16.1. The molecule has 4 aromatic heterocycles. The first-order valence-electron chi connectivity index (χ1n) is 13.9. The molecule has 0 bridgehead atoms. The molecule has 6 rings (SSSR count). The molecule has 0 saturated carbocycles. The topological polar surface area (TPSA) is 87.4 Å². The number of anilines is 1. The summed E-state index contributed by atoms with van der Waals surface area (Å²) >= 11 is 2.01. The lowest BCUT2D eigenvalue weighted by Crippen LogP contribution is -2.03. The molecule has 0 fully saturated rings. The Labute approximate surface area is 265 Å². The maximum absolute atomic E-state index is 14.4. The van der Waals surface area contributed by atoms with E-state index >= 15 is 0 Å². The Hall–Kier alpha value is -4.07. The second-order valence-electron chi connectivity index (χ2n) is 11.0. The zero-order chi connectivity index (χ0) is 32.0. The van der Waals surface area contributed by atoms with Gasteiger partial charge in [0.15, 0.2) is 11.6 Å². The van der Waals surface area contributed by atoms with E-state index in [-0.39, 0.29) is 29.0 Å². The summed E-state index contributed by atoms with van der Waals surface area (Å²) in [5.41, 5.74) is 9.00. The van der Waals surface area contributed by atoms with E-state index in [1.54, 1.807) is 18.2 Å². The number of imidazole rings is 2. The summed E-state index contributed by atoms with van der Waals surface area (Å²) in [6.07, 6.45) is 2.20. The van der Waals surface area contributed by atoms with Crippen molar-refractivity contribution >= 4 is 50.5 Å². The molecule has 0 aliphatic carbocycles. The van der Waals surface area contributed by atoms with E-state index in [9.17, 15) is 17.6 Å². The zero-order valence-corrected chi connectivity index (χ0v) is 27.1. The molecule has 12 heteroatoms. The number of aromatic nitrogens is 6. The van der Waals surface area contributed by atoms with Gasteiger partial charge in [0.25, 0.3) is 0 Å². The molecule has 2 N–H and O–H groups in total. The molecule has 228 valence electrons. The van der Waals surface area contributed by atoms with Crippen molar-refractivity contribution < 1.29 is 17.6 Å². The maximum Gasteiger partial charge on any atom is 0.151 e. The van der Waals surface area contributed by atoms with Crippen LogP contribution >= 0.6 is 22.6 Å². The fourth-order valence-electron chi connectivity index (χ4n) is 5.46. The molecule has 4 heterocycles. The number of nitrogens with zero attached hydrogens (tertiary/aromatic N) is 6. The van der Waals surface area contributed by atoms with Crippen LogP contribution in [-0.2, 0) is 0 Å². The number of halogens is 5. The molecule has 0 amide bonds. The summed E-state index contributed by atoms with van der Waals surface area (Å²) in [5, 5.41) is 0. The Balaban J connectivity index is 0.000000175. The lowest BCUT2D eigenvalue weighted by Gasteiger charge is -2.12. The van der Waals surface area contributed by atoms with Gasteiger partial charge in [-0.15, -0.1) is 0 Å². The third-order valence-electron chi connectivity index (χ3n) is 7.20. The van der Waals surface area contributed by atoms with Gasteiger partial charge < -0.3 is 14.9 Å². The number of rotatable bonds is 4. The molecule has 0 saturated heterocycles. The van der Waals surface area contributed by atoms with Crippen LogP contribution in [0.2, 0.25) is 0 Å². The lowest BCUT2D eigenvalue weighted by atomic mass is 10.1. The van der Waals surface area contributed by atoms with Crippen LogP contribution in [0.4, 0.5) is 23.4 Å². The van der Waals surface area contributed by atoms with Crippen molar-refractivity contribution in [2.24, 2.45) is 0 Å². The van der Waals surface area contributed by atoms with Crippen LogP contribution in [0, 0.1) is 40.8 Å². The molecule has 44 heavy (non-hydrogen) atoms. The van der Waals surface area contributed by atoms with Gasteiger partial charge in [-0.1, -0.05) is 0 Å². The van der Waals surface area contributed by atoms with Gasteiger partial charge in [-0.05, 0) is 112 Å². The van der Waals surface area contributed by atoms with Crippen LogP contribution in [0.25, 0.3) is 44.3 Å². The highest BCUT2D eigenvalue weighted by Gasteiger charge is 2.19. The number of nitrogens with two attached hydrogens (primary N) is 1. The monoisotopic (exact) mass is 715 g/mol. The first-order valence-corrected chi connectivity index (χ1v) is 14.9. The van der Waals surface area contributed by atoms with Gasteiger partial charge in [0.1, 0.15) is 43.8 Å². The van der Waals surface area contributed by atoms with E-state index in [2.05, 4.69) is 19.9 Å². The SMILES string of the molecule is Cc1nc2c(F)cc(-c3cc(I)ncc3F)cc2n1C(C)C.Cc1nc2c(F)cc(-c3cc(N)ncc3F)cc2n1C(C)C. The normalized spacial score (nSPS) is 11.6. The average Bonchev–Trinajstić information content (AvgIpc) is 3.48. The van der Waals surface area contributed by atoms with E-state index in [1.165, 1.54) is 18.2 Å². The molecular formula is C32H30F4IN7. The van der Waals surface area contributed by atoms with Crippen LogP contribution in [0.15, 0.2) is 48.8 Å². The highest BCUT2D eigenvalue weighted by Crippen LogP contribution is 2.32. The first-order chi connectivity index (χ1) is 20.8. The Morgan fingerprint density at radius 3 is 1.52 bits per heavy atom. The van der Waals surface area contributed by atoms with Crippen LogP contribution in [-0.4, -0.2) is 29.1 Å². The second kappa shape index (κ2) is 12.1. The summed E-state index contributed by atoms with van der Waals surface area (Å²) in [6, 6.07) is 9.39. The van der Waals surface area contributed by atoms with Crippen molar-refractivity contribution in [3.8, 4) is 22.3 Å². The van der Waals surface area contributed by atoms with E-state index < -0.39 is 23.3 Å². The summed E-state index contributed by atoms with van der Waals surface area (Å²) in [7, 11) is 0. The molecule has 0 aliphatic rings. The largest absolute Gasteiger partial charge is 0.384 e. The van der Waals surface area contributed by atoms with Gasteiger partial charge in [0, 0.05) is 23.2 Å². The van der Waals surface area contributed by atoms with Crippen molar-refractivity contribution in [2.45, 2.75) is 53.6 Å². The Morgan fingerprint density at radius 1 is 0.636 bits per heavy atom. The van der Waals surface area contributed by atoms with Gasteiger partial charge in [-0.2, -0.15) is 0 Å². The van der Waals surface area contributed by atoms with Crippen LogP contribution in [0.1, 0.15) is 51.4 Å². The first kappa shape index (κ1) is 31.4. The molecule has 6 aromatic rings. The summed E-state index contributed by atoms with van der Waals surface area (Å²) < 4.78 is 61.3. The standard InChI is InChI=1S/C16H14F2IN3.C16H16F2N4/c2*1-8(2)22-9(3)21-16-12(17)4-10(5-14(16)22)11-6-15(19)20-7-13(11)18/h4-8H,1-3H3;4-8H,1-3H3,(H2,19,20). The minimum Gasteiger partial charge on any atom is -0.384 e. The van der Waals surface area contributed by atoms with Crippen molar-refractivity contribution in [2.75, 3.05) is 5.73 Å². The number of benzene rings is 2. The van der Waals surface area contributed by atoms with Crippen molar-refractivity contribution in [3.63, 3.8) is 0 Å². The van der Waals surface area contributed by atoms with Gasteiger partial charge in [0.2, 0.25) is 0 Å². The van der Waals surface area contributed by atoms with Gasteiger partial charge >= 0.3 is 0 Å². The summed E-state index contributed by atoms with van der Waals surface area (Å²) in [6.45, 7) is 11.7. The van der Waals surface area contributed by atoms with Crippen molar-refractivity contribution in [3.05, 3.63) is 87.4 Å². The molecule has 2 aromatic carbocycles. The Morgan fingerprint density at radius 2 is 1.07 bits per heavy atom. The lowest BCUT2D eigenvalue weighted by molar-refractivity contribution is 0.599. The van der Waals surface area contributed by atoms with E-state index in [0.717, 1.165) is 24.0 Å². The highest BCUT2D eigenvalue weighted by molar-refractivity contribution is 14.1. The Kier molecular flexibility index (Phi) is 8.65. The summed E-state index contributed by atoms with van der Waals surface area (Å²) in [5.74, 6) is -0.287.